The van der Waals surface area contributed by atoms with Gasteiger partial charge in [0.2, 0.25) is 0 Å². The van der Waals surface area contributed by atoms with Crippen molar-refractivity contribution in [1.82, 2.24) is 16.0 Å². The Kier molecular flexibility index (Phi) is 9.45. The Morgan fingerprint density at radius 3 is 2.62 bits per heavy atom. The molecular formula is C24H38ClN3O. The molecule has 0 atom stereocenters. The number of hydrogen-bond donors (Lipinski definition) is 3. The number of benzene rings is 1. The second-order valence-corrected chi connectivity index (χ2v) is 9.54. The van der Waals surface area contributed by atoms with Crippen molar-refractivity contribution in [2.45, 2.75) is 71.4 Å². The molecule has 0 heterocycles. The van der Waals surface area contributed by atoms with Crippen molar-refractivity contribution in [3.05, 3.63) is 41.8 Å². The molecule has 2 fully saturated rings. The van der Waals surface area contributed by atoms with Crippen molar-refractivity contribution in [3.8, 4) is 0 Å². The molecule has 5 heteroatoms. The van der Waals surface area contributed by atoms with Gasteiger partial charge >= 0.3 is 0 Å². The first-order valence-electron chi connectivity index (χ1n) is 11.0. The molecule has 4 nitrogen and oxygen atoms in total. The average molecular weight is 420 g/mol. The second kappa shape index (κ2) is 11.3. The molecule has 1 amide bonds. The van der Waals surface area contributed by atoms with Gasteiger partial charge in [-0.25, -0.2) is 0 Å². The van der Waals surface area contributed by atoms with Crippen LogP contribution in [0, 0.1) is 18.8 Å². The Balaban J connectivity index is 0.00000300. The van der Waals surface area contributed by atoms with Crippen molar-refractivity contribution in [1.29, 1.82) is 0 Å². The van der Waals surface area contributed by atoms with Gasteiger partial charge in [0.05, 0.1) is 10.6 Å². The highest BCUT2D eigenvalue weighted by atomic mass is 35.5. The fourth-order valence-electron chi connectivity index (χ4n) is 4.97. The highest BCUT2D eigenvalue weighted by molar-refractivity contribution is 6.33. The van der Waals surface area contributed by atoms with Crippen LogP contribution in [0.3, 0.4) is 0 Å². The summed E-state index contributed by atoms with van der Waals surface area (Å²) in [7, 11) is 0. The Morgan fingerprint density at radius 2 is 1.93 bits per heavy atom. The van der Waals surface area contributed by atoms with Gasteiger partial charge in [-0.15, -0.1) is 0 Å². The zero-order chi connectivity index (χ0) is 20.0. The van der Waals surface area contributed by atoms with Crippen LogP contribution in [0.5, 0.6) is 0 Å². The van der Waals surface area contributed by atoms with Gasteiger partial charge in [0.15, 0.2) is 0 Å². The molecule has 2 aliphatic rings. The van der Waals surface area contributed by atoms with Gasteiger partial charge < -0.3 is 16.0 Å². The lowest BCUT2D eigenvalue weighted by molar-refractivity contribution is 0.0681. The summed E-state index contributed by atoms with van der Waals surface area (Å²) in [6.07, 6.45) is 9.18. The Morgan fingerprint density at radius 1 is 1.21 bits per heavy atom. The monoisotopic (exact) mass is 419 g/mol. The predicted octanol–water partition coefficient (Wildman–Crippen LogP) is 4.85. The van der Waals surface area contributed by atoms with E-state index in [4.69, 9.17) is 11.6 Å². The third-order valence-electron chi connectivity index (χ3n) is 6.44. The standard InChI is InChI=1S/C23H36ClN3O.CH2/c1-17(2)26-12-11-25-15-19-7-8-21(24)20(13-19)22(28)27-16-23-9-3-5-18(14-23)6-4-10-23;/h7-8,13,17-18,25-26H,3-6,9-12,14-16H2,1-2H3,(H,27,28);1H2. The van der Waals surface area contributed by atoms with E-state index in [0.717, 1.165) is 37.7 Å². The summed E-state index contributed by atoms with van der Waals surface area (Å²) >= 11 is 6.34. The fraction of sp³-hybridized carbons (Fsp3) is 0.667. The first-order valence-corrected chi connectivity index (χ1v) is 11.4. The zero-order valence-corrected chi connectivity index (χ0v) is 18.9. The molecular weight excluding hydrogens is 382 g/mol. The maximum atomic E-state index is 12.8. The zero-order valence-electron chi connectivity index (χ0n) is 18.2. The van der Waals surface area contributed by atoms with Crippen LogP contribution >= 0.6 is 11.6 Å². The third-order valence-corrected chi connectivity index (χ3v) is 6.77. The number of carbonyl (C=O) groups excluding carboxylic acids is 1. The van der Waals surface area contributed by atoms with E-state index >= 15 is 0 Å². The molecule has 1 aromatic rings. The van der Waals surface area contributed by atoms with Gasteiger partial charge in [-0.2, -0.15) is 0 Å². The van der Waals surface area contributed by atoms with E-state index in [1.807, 2.05) is 18.2 Å². The van der Waals surface area contributed by atoms with Crippen LogP contribution in [0.4, 0.5) is 0 Å². The van der Waals surface area contributed by atoms with E-state index in [-0.39, 0.29) is 13.3 Å². The molecule has 2 bridgehead atoms. The molecule has 0 spiro atoms. The normalized spacial score (nSPS) is 23.5. The number of carbonyl (C=O) groups is 1. The minimum Gasteiger partial charge on any atom is -0.351 e. The summed E-state index contributed by atoms with van der Waals surface area (Å²) in [4.78, 5) is 12.8. The molecule has 0 unspecified atom stereocenters. The number of fused-ring (bicyclic) bond motifs is 2. The highest BCUT2D eigenvalue weighted by Gasteiger charge is 2.39. The fourth-order valence-corrected chi connectivity index (χ4v) is 5.18. The quantitative estimate of drug-likeness (QED) is 0.501. The topological polar surface area (TPSA) is 53.2 Å². The molecule has 1 aromatic carbocycles. The van der Waals surface area contributed by atoms with E-state index in [9.17, 15) is 4.79 Å². The average Bonchev–Trinajstić information content (AvgIpc) is 2.67. The SMILES string of the molecule is CC(C)NCCNCc1ccc(Cl)c(C(=O)NCC23CCCC(CCC2)C3)c1.[CH2]. The highest BCUT2D eigenvalue weighted by Crippen LogP contribution is 2.48. The summed E-state index contributed by atoms with van der Waals surface area (Å²) < 4.78 is 0. The first kappa shape index (κ1) is 24.2. The van der Waals surface area contributed by atoms with Crippen LogP contribution < -0.4 is 16.0 Å². The molecule has 2 saturated carbocycles. The molecule has 29 heavy (non-hydrogen) atoms. The lowest BCUT2D eigenvalue weighted by atomic mass is 9.62. The van der Waals surface area contributed by atoms with Crippen molar-refractivity contribution < 1.29 is 4.79 Å². The second-order valence-electron chi connectivity index (χ2n) is 9.14. The lowest BCUT2D eigenvalue weighted by Crippen LogP contribution is -2.43. The molecule has 0 saturated heterocycles. The maximum Gasteiger partial charge on any atom is 0.252 e. The van der Waals surface area contributed by atoms with E-state index in [2.05, 4.69) is 29.8 Å². The van der Waals surface area contributed by atoms with E-state index in [0.29, 0.717) is 22.0 Å². The molecule has 162 valence electrons. The van der Waals surface area contributed by atoms with Crippen LogP contribution in [0.2, 0.25) is 5.02 Å². The minimum absolute atomic E-state index is 0. The van der Waals surface area contributed by atoms with Crippen LogP contribution in [-0.2, 0) is 6.54 Å². The van der Waals surface area contributed by atoms with Gasteiger partial charge in [-0.1, -0.05) is 64.6 Å². The van der Waals surface area contributed by atoms with Crippen molar-refractivity contribution in [2.24, 2.45) is 11.3 Å². The van der Waals surface area contributed by atoms with Crippen molar-refractivity contribution >= 4 is 17.5 Å². The molecule has 2 radical (unpaired) electrons. The number of nitrogens with one attached hydrogen (secondary N) is 3. The largest absolute Gasteiger partial charge is 0.351 e. The first-order chi connectivity index (χ1) is 13.5. The third kappa shape index (κ3) is 6.97. The Labute approximate surface area is 182 Å². The predicted molar refractivity (Wildman–Crippen MR) is 122 cm³/mol. The van der Waals surface area contributed by atoms with Gasteiger partial charge in [0, 0.05) is 32.2 Å². The molecule has 2 aliphatic carbocycles. The lowest BCUT2D eigenvalue weighted by Gasteiger charge is -2.45. The molecule has 0 aromatic heterocycles. The minimum atomic E-state index is -0.0320. The number of halogens is 1. The summed E-state index contributed by atoms with van der Waals surface area (Å²) in [5.41, 5.74) is 2.01. The van der Waals surface area contributed by atoms with Crippen LogP contribution in [0.25, 0.3) is 0 Å². The van der Waals surface area contributed by atoms with Crippen LogP contribution in [0.15, 0.2) is 18.2 Å². The number of amides is 1. The summed E-state index contributed by atoms with van der Waals surface area (Å²) in [5.74, 6) is 0.845. The van der Waals surface area contributed by atoms with Gasteiger partial charge in [0.25, 0.3) is 5.91 Å². The number of rotatable bonds is 9. The molecule has 3 N–H and O–H groups in total. The van der Waals surface area contributed by atoms with Gasteiger partial charge in [-0.05, 0) is 48.3 Å². The van der Waals surface area contributed by atoms with Crippen LogP contribution in [-0.4, -0.2) is 31.6 Å². The Bertz CT molecular complexity index is 652. The van der Waals surface area contributed by atoms with Gasteiger partial charge in [-0.3, -0.25) is 4.79 Å². The van der Waals surface area contributed by atoms with Crippen LogP contribution in [0.1, 0.15) is 74.7 Å². The smallest absolute Gasteiger partial charge is 0.252 e. The molecule has 0 aliphatic heterocycles. The van der Waals surface area contributed by atoms with Crippen molar-refractivity contribution in [3.63, 3.8) is 0 Å². The summed E-state index contributed by atoms with van der Waals surface area (Å²) in [5, 5.41) is 10.6. The number of hydrogen-bond acceptors (Lipinski definition) is 3. The van der Waals surface area contributed by atoms with E-state index in [1.165, 1.54) is 44.9 Å². The summed E-state index contributed by atoms with van der Waals surface area (Å²) in [6.45, 7) is 7.65. The summed E-state index contributed by atoms with van der Waals surface area (Å²) in [6, 6.07) is 6.27. The molecule has 3 rings (SSSR count). The maximum absolute atomic E-state index is 12.8. The van der Waals surface area contributed by atoms with Gasteiger partial charge in [0.1, 0.15) is 0 Å². The van der Waals surface area contributed by atoms with E-state index in [1.54, 1.807) is 0 Å². The Hall–Kier alpha value is -1.10. The van der Waals surface area contributed by atoms with Crippen molar-refractivity contribution in [2.75, 3.05) is 19.6 Å². The van der Waals surface area contributed by atoms with E-state index < -0.39 is 0 Å².